The van der Waals surface area contributed by atoms with Crippen molar-refractivity contribution in [2.45, 2.75) is 33.1 Å². The van der Waals surface area contributed by atoms with Gasteiger partial charge in [-0.2, -0.15) is 0 Å². The first-order valence-corrected chi connectivity index (χ1v) is 6.93. The van der Waals surface area contributed by atoms with Crippen LogP contribution in [0, 0.1) is 12.7 Å². The van der Waals surface area contributed by atoms with Gasteiger partial charge in [-0.25, -0.2) is 4.39 Å². The normalized spacial score (nSPS) is 12.2. The zero-order valence-electron chi connectivity index (χ0n) is 12.1. The first-order chi connectivity index (χ1) is 9.52. The van der Waals surface area contributed by atoms with Gasteiger partial charge in [-0.05, 0) is 42.5 Å². The van der Waals surface area contributed by atoms with Crippen LogP contribution in [0.3, 0.4) is 0 Å². The van der Waals surface area contributed by atoms with Crippen LogP contribution in [-0.4, -0.2) is 5.78 Å². The maximum Gasteiger partial charge on any atom is 0.193 e. The average molecular weight is 270 g/mol. The van der Waals surface area contributed by atoms with E-state index in [1.54, 1.807) is 6.07 Å². The standard InChI is InChI=1S/C18H19FO/c1-4-12(2)14-6-8-15(9-7-14)18(20)17-11-16(19)10-5-13(17)3/h5-12H,4H2,1-3H3. The molecule has 0 bridgehead atoms. The van der Waals surface area contributed by atoms with Gasteiger partial charge in [0.15, 0.2) is 5.78 Å². The van der Waals surface area contributed by atoms with Crippen LogP contribution >= 0.6 is 0 Å². The summed E-state index contributed by atoms with van der Waals surface area (Å²) in [6.07, 6.45) is 1.07. The number of aryl methyl sites for hydroxylation is 1. The zero-order chi connectivity index (χ0) is 14.7. The summed E-state index contributed by atoms with van der Waals surface area (Å²) in [5, 5.41) is 0. The summed E-state index contributed by atoms with van der Waals surface area (Å²) in [6, 6.07) is 11.9. The highest BCUT2D eigenvalue weighted by molar-refractivity contribution is 6.09. The van der Waals surface area contributed by atoms with Crippen molar-refractivity contribution in [1.29, 1.82) is 0 Å². The van der Waals surface area contributed by atoms with Crippen molar-refractivity contribution >= 4 is 5.78 Å². The van der Waals surface area contributed by atoms with Crippen LogP contribution in [0.4, 0.5) is 4.39 Å². The Morgan fingerprint density at radius 1 is 1.15 bits per heavy atom. The number of carbonyl (C=O) groups is 1. The third-order valence-electron chi connectivity index (χ3n) is 3.80. The Bertz CT molecular complexity index is 614. The van der Waals surface area contributed by atoms with Gasteiger partial charge in [0.2, 0.25) is 0 Å². The van der Waals surface area contributed by atoms with Gasteiger partial charge in [0, 0.05) is 11.1 Å². The van der Waals surface area contributed by atoms with Crippen molar-refractivity contribution in [3.05, 3.63) is 70.5 Å². The van der Waals surface area contributed by atoms with E-state index in [9.17, 15) is 9.18 Å². The summed E-state index contributed by atoms with van der Waals surface area (Å²) in [4.78, 5) is 12.4. The Balaban J connectivity index is 2.32. The van der Waals surface area contributed by atoms with Crippen molar-refractivity contribution in [1.82, 2.24) is 0 Å². The van der Waals surface area contributed by atoms with Crippen molar-refractivity contribution < 1.29 is 9.18 Å². The molecule has 1 unspecified atom stereocenters. The molecule has 0 N–H and O–H groups in total. The summed E-state index contributed by atoms with van der Waals surface area (Å²) >= 11 is 0. The molecule has 0 aromatic heterocycles. The van der Waals surface area contributed by atoms with Crippen LogP contribution in [0.1, 0.15) is 53.2 Å². The molecule has 0 heterocycles. The highest BCUT2D eigenvalue weighted by atomic mass is 19.1. The second kappa shape index (κ2) is 6.00. The van der Waals surface area contributed by atoms with Gasteiger partial charge in [-0.3, -0.25) is 4.79 Å². The quantitative estimate of drug-likeness (QED) is 0.724. The molecule has 0 aliphatic carbocycles. The fourth-order valence-electron chi connectivity index (χ4n) is 2.19. The second-order valence-electron chi connectivity index (χ2n) is 5.22. The van der Waals surface area contributed by atoms with Gasteiger partial charge in [-0.1, -0.05) is 44.2 Å². The average Bonchev–Trinajstić information content (AvgIpc) is 2.48. The van der Waals surface area contributed by atoms with E-state index in [-0.39, 0.29) is 11.6 Å². The van der Waals surface area contributed by atoms with E-state index in [1.165, 1.54) is 17.7 Å². The Labute approximate surface area is 119 Å². The first kappa shape index (κ1) is 14.4. The monoisotopic (exact) mass is 270 g/mol. The molecule has 1 atom stereocenters. The molecule has 104 valence electrons. The Hall–Kier alpha value is -1.96. The molecular formula is C18H19FO. The Morgan fingerprint density at radius 2 is 1.80 bits per heavy atom. The topological polar surface area (TPSA) is 17.1 Å². The number of ketones is 1. The molecule has 0 aliphatic heterocycles. The molecular weight excluding hydrogens is 251 g/mol. The minimum atomic E-state index is -0.379. The maximum atomic E-state index is 13.3. The lowest BCUT2D eigenvalue weighted by atomic mass is 9.94. The van der Waals surface area contributed by atoms with Gasteiger partial charge < -0.3 is 0 Å². The van der Waals surface area contributed by atoms with Crippen molar-refractivity contribution in [3.63, 3.8) is 0 Å². The summed E-state index contributed by atoms with van der Waals surface area (Å²) in [5.41, 5.74) is 3.05. The van der Waals surface area contributed by atoms with Crippen molar-refractivity contribution in [2.75, 3.05) is 0 Å². The molecule has 20 heavy (non-hydrogen) atoms. The Kier molecular flexibility index (Phi) is 4.33. The molecule has 1 nitrogen and oxygen atoms in total. The lowest BCUT2D eigenvalue weighted by Crippen LogP contribution is -2.04. The molecule has 2 aromatic carbocycles. The predicted octanol–water partition coefficient (Wildman–Crippen LogP) is 4.88. The third-order valence-corrected chi connectivity index (χ3v) is 3.80. The number of hydrogen-bond donors (Lipinski definition) is 0. The molecule has 0 fully saturated rings. The molecule has 0 aliphatic rings. The molecule has 2 rings (SSSR count). The highest BCUT2D eigenvalue weighted by Crippen LogP contribution is 2.21. The van der Waals surface area contributed by atoms with Crippen LogP contribution in [0.5, 0.6) is 0 Å². The fourth-order valence-corrected chi connectivity index (χ4v) is 2.19. The molecule has 2 aromatic rings. The van der Waals surface area contributed by atoms with E-state index in [1.807, 2.05) is 31.2 Å². The van der Waals surface area contributed by atoms with Gasteiger partial charge in [0.05, 0.1) is 0 Å². The van der Waals surface area contributed by atoms with Crippen LogP contribution in [-0.2, 0) is 0 Å². The summed E-state index contributed by atoms with van der Waals surface area (Å²) in [6.45, 7) is 6.12. The van der Waals surface area contributed by atoms with Gasteiger partial charge in [0.1, 0.15) is 5.82 Å². The maximum absolute atomic E-state index is 13.3. The molecule has 0 saturated heterocycles. The van der Waals surface area contributed by atoms with Crippen LogP contribution < -0.4 is 0 Å². The number of carbonyl (C=O) groups excluding carboxylic acids is 1. The highest BCUT2D eigenvalue weighted by Gasteiger charge is 2.13. The third kappa shape index (κ3) is 2.96. The fraction of sp³-hybridized carbons (Fsp3) is 0.278. The van der Waals surface area contributed by atoms with E-state index < -0.39 is 0 Å². The first-order valence-electron chi connectivity index (χ1n) is 6.93. The van der Waals surface area contributed by atoms with Crippen LogP contribution in [0.15, 0.2) is 42.5 Å². The molecule has 0 saturated carbocycles. The minimum Gasteiger partial charge on any atom is -0.289 e. The zero-order valence-corrected chi connectivity index (χ0v) is 12.1. The lowest BCUT2D eigenvalue weighted by molar-refractivity contribution is 0.103. The van der Waals surface area contributed by atoms with E-state index >= 15 is 0 Å². The van der Waals surface area contributed by atoms with Crippen LogP contribution in [0.25, 0.3) is 0 Å². The molecule has 0 amide bonds. The summed E-state index contributed by atoms with van der Waals surface area (Å²) < 4.78 is 13.3. The number of hydrogen-bond acceptors (Lipinski definition) is 1. The minimum absolute atomic E-state index is 0.127. The largest absolute Gasteiger partial charge is 0.289 e. The Morgan fingerprint density at radius 3 is 2.40 bits per heavy atom. The second-order valence-corrected chi connectivity index (χ2v) is 5.22. The molecule has 0 radical (unpaired) electrons. The summed E-state index contributed by atoms with van der Waals surface area (Å²) in [7, 11) is 0. The van der Waals surface area contributed by atoms with E-state index in [2.05, 4.69) is 13.8 Å². The molecule has 0 spiro atoms. The van der Waals surface area contributed by atoms with Gasteiger partial charge in [-0.15, -0.1) is 0 Å². The van der Waals surface area contributed by atoms with Crippen molar-refractivity contribution in [2.24, 2.45) is 0 Å². The van der Waals surface area contributed by atoms with E-state index in [4.69, 9.17) is 0 Å². The lowest BCUT2D eigenvalue weighted by Gasteiger charge is -2.10. The number of benzene rings is 2. The number of rotatable bonds is 4. The van der Waals surface area contributed by atoms with Gasteiger partial charge in [0.25, 0.3) is 0 Å². The van der Waals surface area contributed by atoms with Crippen molar-refractivity contribution in [3.8, 4) is 0 Å². The van der Waals surface area contributed by atoms with E-state index in [0.717, 1.165) is 12.0 Å². The van der Waals surface area contributed by atoms with E-state index in [0.29, 0.717) is 17.0 Å². The van der Waals surface area contributed by atoms with Crippen LogP contribution in [0.2, 0.25) is 0 Å². The SMILES string of the molecule is CCC(C)c1ccc(C(=O)c2cc(F)ccc2C)cc1. The molecule has 2 heteroatoms. The predicted molar refractivity (Wildman–Crippen MR) is 79.7 cm³/mol. The smallest absolute Gasteiger partial charge is 0.193 e. The summed E-state index contributed by atoms with van der Waals surface area (Å²) in [5.74, 6) is -0.0251. The number of halogens is 1. The van der Waals surface area contributed by atoms with Gasteiger partial charge >= 0.3 is 0 Å².